The van der Waals surface area contributed by atoms with Crippen molar-refractivity contribution in [2.24, 2.45) is 0 Å². The second kappa shape index (κ2) is 5.03. The van der Waals surface area contributed by atoms with Crippen molar-refractivity contribution in [2.75, 3.05) is 20.1 Å². The minimum Gasteiger partial charge on any atom is -0.362 e. The molecule has 3 nitrogen and oxygen atoms in total. The Kier molecular flexibility index (Phi) is 3.46. The standard InChI is InChI=1S/C14H17N3/c1-4-17(3)8-7-11-10-16-14-9-12(15-2)5-6-13(11)14/h5-6,9-10,16H,4,7-8H2,1,3H3. The van der Waals surface area contributed by atoms with E-state index in [4.69, 9.17) is 6.57 Å². The van der Waals surface area contributed by atoms with Gasteiger partial charge in [-0.3, -0.25) is 0 Å². The third kappa shape index (κ3) is 2.48. The molecule has 17 heavy (non-hydrogen) atoms. The van der Waals surface area contributed by atoms with Crippen molar-refractivity contribution in [3.05, 3.63) is 41.4 Å². The quantitative estimate of drug-likeness (QED) is 0.796. The first-order chi connectivity index (χ1) is 8.24. The topological polar surface area (TPSA) is 23.4 Å². The lowest BCUT2D eigenvalue weighted by atomic mass is 10.1. The molecule has 2 aromatic rings. The normalized spacial score (nSPS) is 10.9. The van der Waals surface area contributed by atoms with Crippen molar-refractivity contribution in [1.82, 2.24) is 9.88 Å². The fourth-order valence-electron chi connectivity index (χ4n) is 1.92. The molecule has 0 fully saturated rings. The summed E-state index contributed by atoms with van der Waals surface area (Å²) in [6.45, 7) is 11.3. The van der Waals surface area contributed by atoms with E-state index in [0.29, 0.717) is 5.69 Å². The smallest absolute Gasteiger partial charge is 0.189 e. The van der Waals surface area contributed by atoms with E-state index < -0.39 is 0 Å². The highest BCUT2D eigenvalue weighted by molar-refractivity contribution is 5.86. The van der Waals surface area contributed by atoms with Crippen LogP contribution in [0.1, 0.15) is 12.5 Å². The lowest BCUT2D eigenvalue weighted by Gasteiger charge is -2.12. The third-order valence-corrected chi connectivity index (χ3v) is 3.18. The SMILES string of the molecule is [C-]#[N+]c1ccc2c(CCN(C)CC)c[nH]c2c1. The summed E-state index contributed by atoms with van der Waals surface area (Å²) in [6, 6.07) is 5.84. The van der Waals surface area contributed by atoms with Gasteiger partial charge in [-0.1, -0.05) is 19.1 Å². The Labute approximate surface area is 102 Å². The number of nitrogens with zero attached hydrogens (tertiary/aromatic N) is 2. The van der Waals surface area contributed by atoms with Crippen LogP contribution < -0.4 is 0 Å². The van der Waals surface area contributed by atoms with Crippen LogP contribution in [0.3, 0.4) is 0 Å². The summed E-state index contributed by atoms with van der Waals surface area (Å²) >= 11 is 0. The number of aromatic nitrogens is 1. The van der Waals surface area contributed by atoms with Gasteiger partial charge < -0.3 is 9.88 Å². The van der Waals surface area contributed by atoms with E-state index in [9.17, 15) is 0 Å². The van der Waals surface area contributed by atoms with E-state index in [2.05, 4.69) is 34.9 Å². The van der Waals surface area contributed by atoms with E-state index >= 15 is 0 Å². The molecule has 2 rings (SSSR count). The van der Waals surface area contributed by atoms with Crippen LogP contribution >= 0.6 is 0 Å². The van der Waals surface area contributed by atoms with Crippen molar-refractivity contribution in [1.29, 1.82) is 0 Å². The summed E-state index contributed by atoms with van der Waals surface area (Å²) in [4.78, 5) is 8.98. The fraction of sp³-hybridized carbons (Fsp3) is 0.357. The summed E-state index contributed by atoms with van der Waals surface area (Å²) in [7, 11) is 2.13. The molecule has 0 saturated heterocycles. The predicted octanol–water partition coefficient (Wildman–Crippen LogP) is 3.21. The molecule has 0 saturated carbocycles. The molecule has 0 radical (unpaired) electrons. The first kappa shape index (κ1) is 11.7. The molecule has 1 aromatic carbocycles. The van der Waals surface area contributed by atoms with Gasteiger partial charge in [-0.2, -0.15) is 0 Å². The number of fused-ring (bicyclic) bond motifs is 1. The molecule has 0 aliphatic heterocycles. The maximum atomic E-state index is 6.99. The Hall–Kier alpha value is -1.79. The molecule has 0 aliphatic carbocycles. The molecule has 88 valence electrons. The van der Waals surface area contributed by atoms with Gasteiger partial charge in [0.25, 0.3) is 0 Å². The third-order valence-electron chi connectivity index (χ3n) is 3.18. The molecule has 0 bridgehead atoms. The van der Waals surface area contributed by atoms with Gasteiger partial charge in [0.05, 0.1) is 6.57 Å². The van der Waals surface area contributed by atoms with Gasteiger partial charge in [0, 0.05) is 23.6 Å². The Balaban J connectivity index is 2.22. The molecular weight excluding hydrogens is 210 g/mol. The van der Waals surface area contributed by atoms with Gasteiger partial charge >= 0.3 is 0 Å². The zero-order valence-corrected chi connectivity index (χ0v) is 10.3. The Morgan fingerprint density at radius 3 is 2.94 bits per heavy atom. The van der Waals surface area contributed by atoms with Gasteiger partial charge in [0.1, 0.15) is 0 Å². The van der Waals surface area contributed by atoms with E-state index in [1.165, 1.54) is 10.9 Å². The molecule has 1 aromatic heterocycles. The average molecular weight is 227 g/mol. The number of nitrogens with one attached hydrogen (secondary N) is 1. The lowest BCUT2D eigenvalue weighted by Crippen LogP contribution is -2.20. The molecule has 0 unspecified atom stereocenters. The minimum atomic E-state index is 0.691. The lowest BCUT2D eigenvalue weighted by molar-refractivity contribution is 0.358. The van der Waals surface area contributed by atoms with Crippen LogP contribution in [-0.4, -0.2) is 30.0 Å². The van der Waals surface area contributed by atoms with Gasteiger partial charge in [-0.25, -0.2) is 4.85 Å². The van der Waals surface area contributed by atoms with Crippen LogP contribution in [0.25, 0.3) is 15.7 Å². The summed E-state index contributed by atoms with van der Waals surface area (Å²) in [5.74, 6) is 0. The zero-order chi connectivity index (χ0) is 12.3. The number of H-pyrrole nitrogens is 1. The van der Waals surface area contributed by atoms with Crippen LogP contribution in [-0.2, 0) is 6.42 Å². The molecule has 0 spiro atoms. The Morgan fingerprint density at radius 1 is 1.41 bits per heavy atom. The molecule has 0 aliphatic rings. The number of hydrogen-bond donors (Lipinski definition) is 1. The number of benzene rings is 1. The largest absolute Gasteiger partial charge is 0.362 e. The van der Waals surface area contributed by atoms with Crippen LogP contribution in [0.5, 0.6) is 0 Å². The summed E-state index contributed by atoms with van der Waals surface area (Å²) in [5, 5.41) is 1.24. The highest BCUT2D eigenvalue weighted by atomic mass is 15.1. The van der Waals surface area contributed by atoms with Gasteiger partial charge in [-0.15, -0.1) is 0 Å². The minimum absolute atomic E-state index is 0.691. The van der Waals surface area contributed by atoms with Crippen LogP contribution in [0.2, 0.25) is 0 Å². The molecule has 1 heterocycles. The molecule has 0 atom stereocenters. The van der Waals surface area contributed by atoms with Gasteiger partial charge in [0.2, 0.25) is 0 Å². The van der Waals surface area contributed by atoms with Crippen LogP contribution in [0.15, 0.2) is 24.4 Å². The second-order valence-electron chi connectivity index (χ2n) is 4.30. The van der Waals surface area contributed by atoms with Gasteiger partial charge in [-0.05, 0) is 31.6 Å². The number of rotatable bonds is 4. The van der Waals surface area contributed by atoms with Crippen molar-refractivity contribution in [3.63, 3.8) is 0 Å². The number of likely N-dealkylation sites (N-methyl/N-ethyl adjacent to an activating group) is 1. The first-order valence-electron chi connectivity index (χ1n) is 5.90. The average Bonchev–Trinajstić information content (AvgIpc) is 2.77. The number of aromatic amines is 1. The Bertz CT molecular complexity index is 548. The fourth-order valence-corrected chi connectivity index (χ4v) is 1.92. The van der Waals surface area contributed by atoms with E-state index in [1.807, 2.05) is 18.2 Å². The van der Waals surface area contributed by atoms with Crippen molar-refractivity contribution in [2.45, 2.75) is 13.3 Å². The van der Waals surface area contributed by atoms with Crippen molar-refractivity contribution >= 4 is 16.6 Å². The van der Waals surface area contributed by atoms with Crippen molar-refractivity contribution < 1.29 is 0 Å². The summed E-state index contributed by atoms with van der Waals surface area (Å²) in [5.41, 5.74) is 3.08. The van der Waals surface area contributed by atoms with Crippen molar-refractivity contribution in [3.8, 4) is 0 Å². The highest BCUT2D eigenvalue weighted by Crippen LogP contribution is 2.23. The van der Waals surface area contributed by atoms with Gasteiger partial charge in [0.15, 0.2) is 5.69 Å². The maximum Gasteiger partial charge on any atom is 0.189 e. The Morgan fingerprint density at radius 2 is 2.24 bits per heavy atom. The van der Waals surface area contributed by atoms with E-state index in [0.717, 1.165) is 25.0 Å². The molecule has 0 amide bonds. The van der Waals surface area contributed by atoms with Crippen LogP contribution in [0.4, 0.5) is 5.69 Å². The predicted molar refractivity (Wildman–Crippen MR) is 71.4 cm³/mol. The second-order valence-corrected chi connectivity index (χ2v) is 4.30. The van der Waals surface area contributed by atoms with Crippen LogP contribution in [0, 0.1) is 6.57 Å². The molecule has 3 heteroatoms. The first-order valence-corrected chi connectivity index (χ1v) is 5.90. The molecular formula is C14H17N3. The molecule has 1 N–H and O–H groups in total. The monoisotopic (exact) mass is 227 g/mol. The zero-order valence-electron chi connectivity index (χ0n) is 10.3. The highest BCUT2D eigenvalue weighted by Gasteiger charge is 2.05. The summed E-state index contributed by atoms with van der Waals surface area (Å²) in [6.07, 6.45) is 3.10. The summed E-state index contributed by atoms with van der Waals surface area (Å²) < 4.78 is 0. The van der Waals surface area contributed by atoms with E-state index in [-0.39, 0.29) is 0 Å². The van der Waals surface area contributed by atoms with E-state index in [1.54, 1.807) is 0 Å². The maximum absolute atomic E-state index is 6.99. The number of hydrogen-bond acceptors (Lipinski definition) is 1.